The monoisotopic (exact) mass is 669 g/mol. The summed E-state index contributed by atoms with van der Waals surface area (Å²) < 4.78 is 2.05. The van der Waals surface area contributed by atoms with Crippen LogP contribution in [-0.4, -0.2) is 33.4 Å². The van der Waals surface area contributed by atoms with Gasteiger partial charge >= 0.3 is 0 Å². The number of phenols is 2. The summed E-state index contributed by atoms with van der Waals surface area (Å²) in [6, 6.07) is 8.73. The second-order valence-electron chi connectivity index (χ2n) is 16.0. The minimum Gasteiger partial charge on any atom is -1.00 e. The van der Waals surface area contributed by atoms with E-state index in [4.69, 9.17) is 5.10 Å². The molecule has 0 atom stereocenters. The number of phenolic OH excluding ortho intramolecular Hbond substituents is 2. The Balaban J connectivity index is 0.00000588. The summed E-state index contributed by atoms with van der Waals surface area (Å²) in [7, 11) is 0. The first-order chi connectivity index (χ1) is 18.2. The van der Waals surface area contributed by atoms with Crippen LogP contribution in [0, 0.1) is 0 Å². The molecule has 1 saturated carbocycles. The molecule has 0 aromatic heterocycles. The van der Waals surface area contributed by atoms with Gasteiger partial charge in [0.25, 0.3) is 0 Å². The van der Waals surface area contributed by atoms with E-state index in [1.54, 1.807) is 0 Å². The molecule has 0 saturated heterocycles. The number of rotatable bonds is 4. The average molecular weight is 671 g/mol. The largest absolute Gasteiger partial charge is 1.00 e. The Morgan fingerprint density at radius 3 is 1.42 bits per heavy atom. The molecular formula is C36H55Cl2CrN2O2-. The molecule has 4 nitrogen and oxygen atoms in total. The molecule has 2 aromatic carbocycles. The van der Waals surface area contributed by atoms with E-state index in [9.17, 15) is 10.2 Å². The van der Waals surface area contributed by atoms with Crippen LogP contribution in [0.2, 0.25) is 0 Å². The Morgan fingerprint density at radius 2 is 1.02 bits per heavy atom. The van der Waals surface area contributed by atoms with Gasteiger partial charge in [-0.2, -0.15) is 0 Å². The quantitative estimate of drug-likeness (QED) is 0.299. The van der Waals surface area contributed by atoms with Gasteiger partial charge in [0.15, 0.2) is 6.04 Å². The van der Waals surface area contributed by atoms with Crippen LogP contribution in [0.4, 0.5) is 0 Å². The molecule has 2 aromatic rings. The maximum atomic E-state index is 11.5. The molecular weight excluding hydrogens is 615 g/mol. The van der Waals surface area contributed by atoms with E-state index >= 15 is 0 Å². The van der Waals surface area contributed by atoms with Gasteiger partial charge in [-0.15, -0.1) is 0 Å². The van der Waals surface area contributed by atoms with E-state index in [1.807, 2.05) is 17.1 Å². The minimum absolute atomic E-state index is 0. The molecule has 242 valence electrons. The van der Waals surface area contributed by atoms with Crippen molar-refractivity contribution in [1.82, 2.24) is 0 Å². The molecule has 7 heteroatoms. The fraction of sp³-hybridized carbons (Fsp3) is 0.611. The molecule has 1 aliphatic rings. The van der Waals surface area contributed by atoms with E-state index in [2.05, 4.69) is 107 Å². The van der Waals surface area contributed by atoms with Crippen LogP contribution in [0.25, 0.3) is 0 Å². The number of halogens is 2. The maximum absolute atomic E-state index is 11.5. The molecule has 1 aliphatic carbocycles. The van der Waals surface area contributed by atoms with Crippen LogP contribution in [0.5, 0.6) is 11.5 Å². The zero-order valence-electron chi connectivity index (χ0n) is 28.5. The molecule has 3 rings (SSSR count). The van der Waals surface area contributed by atoms with E-state index in [0.29, 0.717) is 11.5 Å². The van der Waals surface area contributed by atoms with Crippen molar-refractivity contribution in [2.24, 2.45) is 5.10 Å². The Bertz CT molecular complexity index is 1280. The van der Waals surface area contributed by atoms with Gasteiger partial charge in [0.2, 0.25) is 6.21 Å². The van der Waals surface area contributed by atoms with Crippen molar-refractivity contribution in [2.75, 3.05) is 0 Å². The Hall–Kier alpha value is -1.51. The Kier molecular flexibility index (Phi) is 14.7. The van der Waals surface area contributed by atoms with Crippen molar-refractivity contribution in [1.29, 1.82) is 0 Å². The first-order valence-electron chi connectivity index (χ1n) is 15.1. The minimum atomic E-state index is -0.203. The number of nitrogens with zero attached hydrogens (tertiary/aromatic N) is 2. The average Bonchev–Trinajstić information content (AvgIpc) is 2.81. The van der Waals surface area contributed by atoms with Crippen molar-refractivity contribution in [3.63, 3.8) is 0 Å². The summed E-state index contributed by atoms with van der Waals surface area (Å²) in [6.07, 6.45) is 9.55. The van der Waals surface area contributed by atoms with Crippen molar-refractivity contribution < 1.29 is 57.1 Å². The first-order valence-corrected chi connectivity index (χ1v) is 15.1. The van der Waals surface area contributed by atoms with Crippen LogP contribution in [-0.2, 0) is 39.0 Å². The third-order valence-corrected chi connectivity index (χ3v) is 8.18. The molecule has 0 aliphatic heterocycles. The summed E-state index contributed by atoms with van der Waals surface area (Å²) in [5.41, 5.74) is 5.25. The molecule has 0 radical (unpaired) electrons. The maximum Gasteiger partial charge on any atom is 0.207 e. The van der Waals surface area contributed by atoms with Crippen LogP contribution in [0.1, 0.15) is 149 Å². The molecule has 0 bridgehead atoms. The van der Waals surface area contributed by atoms with Crippen LogP contribution < -0.4 is 24.8 Å². The summed E-state index contributed by atoms with van der Waals surface area (Å²) in [4.78, 5) is 0. The second kappa shape index (κ2) is 15.2. The number of benzene rings is 2. The number of hydrogen-bond donors (Lipinski definition) is 2. The summed E-state index contributed by atoms with van der Waals surface area (Å²) in [5.74, 6) is 0.615. The fourth-order valence-corrected chi connectivity index (χ4v) is 5.37. The SMILES string of the molecule is CC(C)(C)c1cc(C=N[N+](=Cc2cc(C(C)(C)C)cc(C(C)(C)C)c2O)C2CCCCC2)c(O)c(C(C)(C)C)c1.[Cl-].[Cl-].[Cr]. The van der Waals surface area contributed by atoms with Crippen molar-refractivity contribution in [3.8, 4) is 11.5 Å². The first kappa shape index (κ1) is 41.5. The van der Waals surface area contributed by atoms with E-state index < -0.39 is 0 Å². The number of hydrazone groups is 1. The summed E-state index contributed by atoms with van der Waals surface area (Å²) >= 11 is 0. The molecule has 0 spiro atoms. The molecule has 1 fully saturated rings. The summed E-state index contributed by atoms with van der Waals surface area (Å²) in [6.45, 7) is 26.1. The van der Waals surface area contributed by atoms with Gasteiger partial charge in [0.1, 0.15) is 17.7 Å². The van der Waals surface area contributed by atoms with E-state index in [-0.39, 0.29) is 69.9 Å². The predicted octanol–water partition coefficient (Wildman–Crippen LogP) is 3.09. The number of hydrogen-bond acceptors (Lipinski definition) is 3. The molecule has 0 unspecified atom stereocenters. The van der Waals surface area contributed by atoms with Crippen LogP contribution in [0.3, 0.4) is 0 Å². The van der Waals surface area contributed by atoms with Crippen LogP contribution >= 0.6 is 0 Å². The van der Waals surface area contributed by atoms with Crippen LogP contribution in [0.15, 0.2) is 29.4 Å². The standard InChI is InChI=1S/C36H54N2O2.2ClH.Cr/c1-33(2,3)26-18-24(31(39)29(20-26)35(7,8)9)22-37-38(28-16-14-13-15-17-28)23-25-19-27(34(4,5)6)21-30(32(25)40)36(10,11)12;;;/h18-23,28H,13-17H2,1-12H3,(H,37,39);2*1H;/p-1. The number of aromatic hydroxyl groups is 2. The normalized spacial score (nSPS) is 15.5. The van der Waals surface area contributed by atoms with Gasteiger partial charge in [-0.1, -0.05) is 106 Å². The van der Waals surface area contributed by atoms with Crippen molar-refractivity contribution in [2.45, 2.75) is 143 Å². The predicted molar refractivity (Wildman–Crippen MR) is 171 cm³/mol. The van der Waals surface area contributed by atoms with E-state index in [0.717, 1.165) is 35.1 Å². The zero-order valence-corrected chi connectivity index (χ0v) is 31.3. The van der Waals surface area contributed by atoms with E-state index in [1.165, 1.54) is 30.4 Å². The Morgan fingerprint density at radius 1 is 0.628 bits per heavy atom. The van der Waals surface area contributed by atoms with Gasteiger partial charge in [0, 0.05) is 46.9 Å². The van der Waals surface area contributed by atoms with Crippen molar-refractivity contribution >= 4 is 12.4 Å². The van der Waals surface area contributed by atoms with Gasteiger partial charge < -0.3 is 35.0 Å². The second-order valence-corrected chi connectivity index (χ2v) is 16.0. The molecule has 2 N–H and O–H groups in total. The molecule has 0 heterocycles. The smallest absolute Gasteiger partial charge is 0.207 e. The zero-order chi connectivity index (χ0) is 30.3. The topological polar surface area (TPSA) is 55.8 Å². The molecule has 43 heavy (non-hydrogen) atoms. The van der Waals surface area contributed by atoms with Gasteiger partial charge in [-0.05, 0) is 62.9 Å². The van der Waals surface area contributed by atoms with Gasteiger partial charge in [-0.3, -0.25) is 0 Å². The summed E-state index contributed by atoms with van der Waals surface area (Å²) in [5, 5.41) is 27.9. The molecule has 0 amide bonds. The third kappa shape index (κ3) is 10.5. The fourth-order valence-electron chi connectivity index (χ4n) is 5.37. The Labute approximate surface area is 285 Å². The van der Waals surface area contributed by atoms with Gasteiger partial charge in [0.05, 0.1) is 5.56 Å². The van der Waals surface area contributed by atoms with Crippen molar-refractivity contribution in [3.05, 3.63) is 57.6 Å². The van der Waals surface area contributed by atoms with Gasteiger partial charge in [-0.25, -0.2) is 0 Å². The third-order valence-electron chi connectivity index (χ3n) is 8.18.